The van der Waals surface area contributed by atoms with Crippen molar-refractivity contribution in [1.82, 2.24) is 5.32 Å². The fraction of sp³-hybridized carbons (Fsp3) is 0.810. The topological polar surface area (TPSA) is 66.4 Å². The molecule has 0 fully saturated rings. The summed E-state index contributed by atoms with van der Waals surface area (Å²) in [4.78, 5) is 23.1. The van der Waals surface area contributed by atoms with Crippen molar-refractivity contribution in [1.29, 1.82) is 0 Å². The molecule has 0 aromatic rings. The lowest BCUT2D eigenvalue weighted by molar-refractivity contribution is -0.121. The first kappa shape index (κ1) is 23.8. The van der Waals surface area contributed by atoms with Crippen molar-refractivity contribution in [2.45, 2.75) is 96.8 Å². The summed E-state index contributed by atoms with van der Waals surface area (Å²) < 4.78 is 0. The zero-order valence-electron chi connectivity index (χ0n) is 16.2. The molecule has 0 aliphatic heterocycles. The second kappa shape index (κ2) is 19.2. The molecular formula is C21H39NO3. The van der Waals surface area contributed by atoms with Gasteiger partial charge in [0.25, 0.3) is 0 Å². The molecule has 0 spiro atoms. The maximum atomic E-state index is 11.7. The highest BCUT2D eigenvalue weighted by atomic mass is 16.3. The van der Waals surface area contributed by atoms with E-state index in [1.165, 1.54) is 32.1 Å². The number of ketones is 1. The number of unbranched alkanes of at least 4 members (excludes halogenated alkanes) is 9. The summed E-state index contributed by atoms with van der Waals surface area (Å²) in [5, 5.41) is 11.4. The highest BCUT2D eigenvalue weighted by Gasteiger charge is 2.00. The molecule has 0 aliphatic carbocycles. The first-order chi connectivity index (χ1) is 12.2. The number of carbonyl (C=O) groups is 2. The van der Waals surface area contributed by atoms with Gasteiger partial charge in [-0.2, -0.15) is 0 Å². The molecule has 0 rings (SSSR count). The Morgan fingerprint density at radius 3 is 2.20 bits per heavy atom. The SMILES string of the molecule is CCCCCCCCC(=O)/C=C/CCCCCCC(=O)NCCCO. The second-order valence-electron chi connectivity index (χ2n) is 6.77. The Labute approximate surface area is 154 Å². The standard InChI is InChI=1S/C21H39NO3/c1-2-3-4-5-8-11-15-20(24)16-12-9-6-7-10-13-17-21(25)22-18-14-19-23/h12,16,23H,2-11,13-15,17-19H2,1H3,(H,22,25)/b16-12+. The summed E-state index contributed by atoms with van der Waals surface area (Å²) in [5.41, 5.74) is 0. The maximum absolute atomic E-state index is 11.7. The van der Waals surface area contributed by atoms with Crippen LogP contribution in [0, 0.1) is 0 Å². The van der Waals surface area contributed by atoms with Gasteiger partial charge in [-0.15, -0.1) is 0 Å². The van der Waals surface area contributed by atoms with E-state index < -0.39 is 0 Å². The van der Waals surface area contributed by atoms with Gasteiger partial charge in [-0.05, 0) is 38.2 Å². The van der Waals surface area contributed by atoms with Crippen LogP contribution >= 0.6 is 0 Å². The number of rotatable bonds is 18. The molecule has 4 nitrogen and oxygen atoms in total. The van der Waals surface area contributed by atoms with Crippen LogP contribution in [-0.2, 0) is 9.59 Å². The van der Waals surface area contributed by atoms with Gasteiger partial charge in [-0.1, -0.05) is 57.9 Å². The Bertz CT molecular complexity index is 353. The molecule has 0 saturated carbocycles. The van der Waals surface area contributed by atoms with Crippen LogP contribution in [-0.4, -0.2) is 29.9 Å². The minimum absolute atomic E-state index is 0.0774. The van der Waals surface area contributed by atoms with E-state index in [0.29, 0.717) is 25.8 Å². The fourth-order valence-corrected chi connectivity index (χ4v) is 2.67. The zero-order chi connectivity index (χ0) is 18.6. The summed E-state index contributed by atoms with van der Waals surface area (Å²) in [5.74, 6) is 0.337. The van der Waals surface area contributed by atoms with E-state index in [1.54, 1.807) is 6.08 Å². The molecule has 0 aromatic heterocycles. The third kappa shape index (κ3) is 19.0. The number of amides is 1. The molecule has 0 saturated heterocycles. The predicted molar refractivity (Wildman–Crippen MR) is 105 cm³/mol. The maximum Gasteiger partial charge on any atom is 0.219 e. The van der Waals surface area contributed by atoms with Crippen LogP contribution in [0.2, 0.25) is 0 Å². The van der Waals surface area contributed by atoms with Gasteiger partial charge >= 0.3 is 0 Å². The van der Waals surface area contributed by atoms with Crippen molar-refractivity contribution in [3.05, 3.63) is 12.2 Å². The second-order valence-corrected chi connectivity index (χ2v) is 6.77. The average molecular weight is 354 g/mol. The Balaban J connectivity index is 3.36. The van der Waals surface area contributed by atoms with Crippen LogP contribution in [0.15, 0.2) is 12.2 Å². The molecule has 0 unspecified atom stereocenters. The molecule has 1 amide bonds. The first-order valence-electron chi connectivity index (χ1n) is 10.3. The monoisotopic (exact) mass is 353 g/mol. The lowest BCUT2D eigenvalue weighted by Gasteiger charge is -2.03. The highest BCUT2D eigenvalue weighted by molar-refractivity contribution is 5.89. The molecule has 0 radical (unpaired) electrons. The number of hydrogen-bond acceptors (Lipinski definition) is 3. The van der Waals surface area contributed by atoms with E-state index in [0.717, 1.165) is 38.5 Å². The van der Waals surface area contributed by atoms with Gasteiger partial charge in [-0.3, -0.25) is 9.59 Å². The van der Waals surface area contributed by atoms with Gasteiger partial charge in [0.1, 0.15) is 0 Å². The van der Waals surface area contributed by atoms with Crippen molar-refractivity contribution in [3.8, 4) is 0 Å². The molecular weight excluding hydrogens is 314 g/mol. The molecule has 0 heterocycles. The Morgan fingerprint density at radius 2 is 1.48 bits per heavy atom. The Morgan fingerprint density at radius 1 is 0.840 bits per heavy atom. The number of carbonyl (C=O) groups excluding carboxylic acids is 2. The van der Waals surface area contributed by atoms with Crippen molar-refractivity contribution < 1.29 is 14.7 Å². The first-order valence-corrected chi connectivity index (χ1v) is 10.3. The highest BCUT2D eigenvalue weighted by Crippen LogP contribution is 2.08. The van der Waals surface area contributed by atoms with E-state index in [1.807, 2.05) is 6.08 Å². The third-order valence-electron chi connectivity index (χ3n) is 4.26. The van der Waals surface area contributed by atoms with Crippen LogP contribution in [0.1, 0.15) is 96.8 Å². The van der Waals surface area contributed by atoms with E-state index in [-0.39, 0.29) is 18.3 Å². The quantitative estimate of drug-likeness (QED) is 0.277. The summed E-state index contributed by atoms with van der Waals surface area (Å²) in [6.45, 7) is 2.90. The Hall–Kier alpha value is -1.16. The van der Waals surface area contributed by atoms with Gasteiger partial charge in [0.05, 0.1) is 0 Å². The van der Waals surface area contributed by atoms with Crippen molar-refractivity contribution in [2.24, 2.45) is 0 Å². The normalized spacial score (nSPS) is 11.1. The van der Waals surface area contributed by atoms with Crippen LogP contribution in [0.25, 0.3) is 0 Å². The van der Waals surface area contributed by atoms with Crippen molar-refractivity contribution in [3.63, 3.8) is 0 Å². The molecule has 0 aliphatic rings. The number of hydrogen-bond donors (Lipinski definition) is 2. The smallest absolute Gasteiger partial charge is 0.219 e. The van der Waals surface area contributed by atoms with Crippen LogP contribution < -0.4 is 5.32 Å². The molecule has 4 heteroatoms. The van der Waals surface area contributed by atoms with E-state index in [2.05, 4.69) is 12.2 Å². The van der Waals surface area contributed by atoms with Gasteiger partial charge < -0.3 is 10.4 Å². The predicted octanol–water partition coefficient (Wildman–Crippen LogP) is 4.70. The molecule has 146 valence electrons. The minimum atomic E-state index is 0.0774. The molecule has 2 N–H and O–H groups in total. The lowest BCUT2D eigenvalue weighted by Crippen LogP contribution is -2.24. The van der Waals surface area contributed by atoms with Gasteiger partial charge in [0, 0.05) is 26.0 Å². The number of aliphatic hydroxyl groups excluding tert-OH is 1. The number of allylic oxidation sites excluding steroid dienone is 2. The number of aliphatic hydroxyl groups is 1. The Kier molecular flexibility index (Phi) is 18.3. The largest absolute Gasteiger partial charge is 0.396 e. The molecule has 0 bridgehead atoms. The summed E-state index contributed by atoms with van der Waals surface area (Å²) in [6.07, 6.45) is 18.0. The summed E-state index contributed by atoms with van der Waals surface area (Å²) >= 11 is 0. The van der Waals surface area contributed by atoms with Crippen LogP contribution in [0.4, 0.5) is 0 Å². The minimum Gasteiger partial charge on any atom is -0.396 e. The third-order valence-corrected chi connectivity index (χ3v) is 4.26. The summed E-state index contributed by atoms with van der Waals surface area (Å²) in [6, 6.07) is 0. The number of nitrogens with one attached hydrogen (secondary N) is 1. The molecule has 0 aromatic carbocycles. The molecule has 0 atom stereocenters. The van der Waals surface area contributed by atoms with Crippen molar-refractivity contribution in [2.75, 3.05) is 13.2 Å². The van der Waals surface area contributed by atoms with Gasteiger partial charge in [0.2, 0.25) is 5.91 Å². The summed E-state index contributed by atoms with van der Waals surface area (Å²) in [7, 11) is 0. The van der Waals surface area contributed by atoms with E-state index >= 15 is 0 Å². The van der Waals surface area contributed by atoms with Crippen molar-refractivity contribution >= 4 is 11.7 Å². The van der Waals surface area contributed by atoms with E-state index in [4.69, 9.17) is 5.11 Å². The van der Waals surface area contributed by atoms with Crippen LogP contribution in [0.3, 0.4) is 0 Å². The van der Waals surface area contributed by atoms with Gasteiger partial charge in [0.15, 0.2) is 5.78 Å². The lowest BCUT2D eigenvalue weighted by atomic mass is 10.1. The zero-order valence-corrected chi connectivity index (χ0v) is 16.2. The van der Waals surface area contributed by atoms with Crippen LogP contribution in [0.5, 0.6) is 0 Å². The average Bonchev–Trinajstić information content (AvgIpc) is 2.60. The fourth-order valence-electron chi connectivity index (χ4n) is 2.67. The molecule has 25 heavy (non-hydrogen) atoms. The van der Waals surface area contributed by atoms with Gasteiger partial charge in [-0.25, -0.2) is 0 Å². The van der Waals surface area contributed by atoms with E-state index in [9.17, 15) is 9.59 Å².